The van der Waals surface area contributed by atoms with Gasteiger partial charge in [-0.05, 0) is 36.8 Å². The normalized spacial score (nSPS) is 19.1. The van der Waals surface area contributed by atoms with Gasteiger partial charge in [0.05, 0.1) is 4.88 Å². The number of fused-ring (bicyclic) bond motifs is 1. The van der Waals surface area contributed by atoms with Crippen LogP contribution in [0.25, 0.3) is 0 Å². The molecule has 1 amide bonds. The zero-order chi connectivity index (χ0) is 14.0. The van der Waals surface area contributed by atoms with Crippen LogP contribution >= 0.6 is 11.3 Å². The summed E-state index contributed by atoms with van der Waals surface area (Å²) in [7, 11) is 0. The van der Waals surface area contributed by atoms with Gasteiger partial charge in [-0.15, -0.1) is 11.3 Å². The van der Waals surface area contributed by atoms with Crippen LogP contribution in [0.1, 0.15) is 47.3 Å². The second kappa shape index (κ2) is 5.63. The van der Waals surface area contributed by atoms with Gasteiger partial charge in [0.1, 0.15) is 0 Å². The average Bonchev–Trinajstić information content (AvgIpc) is 2.79. The summed E-state index contributed by atoms with van der Waals surface area (Å²) < 4.78 is 0. The Morgan fingerprint density at radius 2 is 2.32 bits per heavy atom. The first-order chi connectivity index (χ1) is 8.91. The number of aryl methyl sites for hydroxylation is 1. The molecule has 1 aromatic rings. The summed E-state index contributed by atoms with van der Waals surface area (Å²) in [5.41, 5.74) is 1.09. The van der Waals surface area contributed by atoms with E-state index >= 15 is 0 Å². The Balaban J connectivity index is 2.01. The monoisotopic (exact) mass is 281 g/mol. The van der Waals surface area contributed by atoms with Gasteiger partial charge >= 0.3 is 0 Å². The van der Waals surface area contributed by atoms with Gasteiger partial charge in [0, 0.05) is 23.4 Å². The summed E-state index contributed by atoms with van der Waals surface area (Å²) in [6.45, 7) is 6.72. The lowest BCUT2D eigenvalue weighted by molar-refractivity contribution is 0.0915. The molecule has 2 N–H and O–H groups in total. The molecule has 0 bridgehead atoms. The number of nitrogens with one attached hydrogen (secondary N) is 1. The topological polar surface area (TPSA) is 49.3 Å². The van der Waals surface area contributed by atoms with Crippen molar-refractivity contribution < 1.29 is 9.90 Å². The van der Waals surface area contributed by atoms with Crippen LogP contribution in [0.5, 0.6) is 0 Å². The number of amides is 1. The van der Waals surface area contributed by atoms with Crippen LogP contribution in [0.3, 0.4) is 0 Å². The van der Waals surface area contributed by atoms with Crippen molar-refractivity contribution in [2.24, 2.45) is 11.3 Å². The number of aliphatic hydroxyl groups is 1. The molecular weight excluding hydrogens is 258 g/mol. The van der Waals surface area contributed by atoms with Gasteiger partial charge in [0.25, 0.3) is 5.91 Å². The number of hydrogen-bond donors (Lipinski definition) is 2. The van der Waals surface area contributed by atoms with Gasteiger partial charge in [0.2, 0.25) is 0 Å². The maximum Gasteiger partial charge on any atom is 0.261 e. The molecule has 1 atom stereocenters. The number of rotatable bonds is 4. The molecule has 0 saturated carbocycles. The zero-order valence-corrected chi connectivity index (χ0v) is 12.8. The van der Waals surface area contributed by atoms with Crippen LogP contribution in [0.4, 0.5) is 0 Å². The maximum atomic E-state index is 12.1. The van der Waals surface area contributed by atoms with Gasteiger partial charge in [-0.25, -0.2) is 0 Å². The second-order valence-corrected chi connectivity index (χ2v) is 7.55. The van der Waals surface area contributed by atoms with Crippen molar-refractivity contribution >= 4 is 17.2 Å². The summed E-state index contributed by atoms with van der Waals surface area (Å²) in [6.07, 6.45) is 3.43. The molecule has 0 spiro atoms. The van der Waals surface area contributed by atoms with E-state index < -0.39 is 0 Å². The molecule has 0 aromatic carbocycles. The SMILES string of the molecule is CC1CCc2sc(C(=O)NCC(C)(C)CO)cc2C1. The highest BCUT2D eigenvalue weighted by Crippen LogP contribution is 2.32. The van der Waals surface area contributed by atoms with Crippen molar-refractivity contribution in [2.75, 3.05) is 13.2 Å². The van der Waals surface area contributed by atoms with Crippen LogP contribution in [-0.4, -0.2) is 24.2 Å². The average molecular weight is 281 g/mol. The first-order valence-electron chi connectivity index (χ1n) is 6.92. The first-order valence-corrected chi connectivity index (χ1v) is 7.73. The molecule has 1 aliphatic carbocycles. The van der Waals surface area contributed by atoms with Crippen molar-refractivity contribution in [3.05, 3.63) is 21.4 Å². The Bertz CT molecular complexity index is 465. The van der Waals surface area contributed by atoms with E-state index in [1.807, 2.05) is 13.8 Å². The molecule has 0 saturated heterocycles. The predicted molar refractivity (Wildman–Crippen MR) is 78.7 cm³/mol. The van der Waals surface area contributed by atoms with Crippen LogP contribution in [-0.2, 0) is 12.8 Å². The molecule has 0 aliphatic heterocycles. The molecule has 19 heavy (non-hydrogen) atoms. The fourth-order valence-corrected chi connectivity index (χ4v) is 3.41. The molecule has 1 unspecified atom stereocenters. The molecule has 3 nitrogen and oxygen atoms in total. The van der Waals surface area contributed by atoms with E-state index in [0.29, 0.717) is 6.54 Å². The highest BCUT2D eigenvalue weighted by atomic mass is 32.1. The van der Waals surface area contributed by atoms with Gasteiger partial charge in [0.15, 0.2) is 0 Å². The fourth-order valence-electron chi connectivity index (χ4n) is 2.28. The molecule has 0 radical (unpaired) electrons. The van der Waals surface area contributed by atoms with E-state index in [9.17, 15) is 9.90 Å². The van der Waals surface area contributed by atoms with Crippen molar-refractivity contribution in [3.63, 3.8) is 0 Å². The van der Waals surface area contributed by atoms with Crippen LogP contribution in [0.15, 0.2) is 6.07 Å². The van der Waals surface area contributed by atoms with Crippen LogP contribution in [0.2, 0.25) is 0 Å². The third-order valence-electron chi connectivity index (χ3n) is 3.71. The lowest BCUT2D eigenvalue weighted by atomic mass is 9.90. The fraction of sp³-hybridized carbons (Fsp3) is 0.667. The van der Waals surface area contributed by atoms with Gasteiger partial charge in [-0.2, -0.15) is 0 Å². The minimum Gasteiger partial charge on any atom is -0.396 e. The highest BCUT2D eigenvalue weighted by Gasteiger charge is 2.22. The molecule has 106 valence electrons. The van der Waals surface area contributed by atoms with Gasteiger partial charge < -0.3 is 10.4 Å². The smallest absolute Gasteiger partial charge is 0.261 e. The molecule has 0 fully saturated rings. The molecule has 2 rings (SSSR count). The standard InChI is InChI=1S/C15H23NO2S/c1-10-4-5-12-11(6-10)7-13(19-12)14(18)16-8-15(2,3)9-17/h7,10,17H,4-6,8-9H2,1-3H3,(H,16,18). The second-order valence-electron chi connectivity index (χ2n) is 6.41. The minimum absolute atomic E-state index is 0.00595. The Hall–Kier alpha value is -0.870. The van der Waals surface area contributed by atoms with Crippen molar-refractivity contribution in [3.8, 4) is 0 Å². The summed E-state index contributed by atoms with van der Waals surface area (Å²) in [4.78, 5) is 14.3. The van der Waals surface area contributed by atoms with E-state index in [-0.39, 0.29) is 17.9 Å². The first kappa shape index (κ1) is 14.5. The minimum atomic E-state index is -0.263. The van der Waals surface area contributed by atoms with E-state index in [1.54, 1.807) is 11.3 Å². The van der Waals surface area contributed by atoms with E-state index in [2.05, 4.69) is 18.3 Å². The van der Waals surface area contributed by atoms with Crippen LogP contribution < -0.4 is 5.32 Å². The highest BCUT2D eigenvalue weighted by molar-refractivity contribution is 7.14. The van der Waals surface area contributed by atoms with Crippen molar-refractivity contribution in [1.29, 1.82) is 0 Å². The number of thiophene rings is 1. The van der Waals surface area contributed by atoms with Gasteiger partial charge in [-0.3, -0.25) is 4.79 Å². The largest absolute Gasteiger partial charge is 0.396 e. The van der Waals surface area contributed by atoms with E-state index in [1.165, 1.54) is 16.9 Å². The summed E-state index contributed by atoms with van der Waals surface area (Å²) >= 11 is 1.63. The van der Waals surface area contributed by atoms with E-state index in [4.69, 9.17) is 0 Å². The Morgan fingerprint density at radius 3 is 3.00 bits per heavy atom. The quantitative estimate of drug-likeness (QED) is 0.891. The Kier molecular flexibility index (Phi) is 4.31. The summed E-state index contributed by atoms with van der Waals surface area (Å²) in [6, 6.07) is 2.05. The number of hydrogen-bond acceptors (Lipinski definition) is 3. The van der Waals surface area contributed by atoms with Crippen molar-refractivity contribution in [2.45, 2.75) is 40.0 Å². The van der Waals surface area contributed by atoms with E-state index in [0.717, 1.165) is 23.6 Å². The maximum absolute atomic E-state index is 12.1. The third kappa shape index (κ3) is 3.57. The Labute approximate surface area is 119 Å². The molecule has 1 heterocycles. The summed E-state index contributed by atoms with van der Waals surface area (Å²) in [5.74, 6) is 0.722. The van der Waals surface area contributed by atoms with Crippen molar-refractivity contribution in [1.82, 2.24) is 5.32 Å². The lowest BCUT2D eigenvalue weighted by Crippen LogP contribution is -2.35. The Morgan fingerprint density at radius 1 is 1.58 bits per heavy atom. The number of carbonyl (C=O) groups excluding carboxylic acids is 1. The number of carbonyl (C=O) groups is 1. The molecule has 1 aromatic heterocycles. The summed E-state index contributed by atoms with van der Waals surface area (Å²) in [5, 5.41) is 12.1. The molecule has 1 aliphatic rings. The van der Waals surface area contributed by atoms with Gasteiger partial charge in [-0.1, -0.05) is 20.8 Å². The predicted octanol–water partition coefficient (Wildman–Crippen LogP) is 2.62. The zero-order valence-electron chi connectivity index (χ0n) is 12.0. The molecular formula is C15H23NO2S. The molecule has 4 heteroatoms. The van der Waals surface area contributed by atoms with Crippen LogP contribution in [0, 0.1) is 11.3 Å². The number of aliphatic hydroxyl groups excluding tert-OH is 1. The third-order valence-corrected chi connectivity index (χ3v) is 4.94. The lowest BCUT2D eigenvalue weighted by Gasteiger charge is -2.21.